The zero-order valence-corrected chi connectivity index (χ0v) is 11.2. The zero-order valence-electron chi connectivity index (χ0n) is 10.4. The first kappa shape index (κ1) is 12.4. The van der Waals surface area contributed by atoms with Crippen molar-refractivity contribution < 1.29 is 9.26 Å². The second kappa shape index (κ2) is 5.19. The normalized spacial score (nSPS) is 27.5. The van der Waals surface area contributed by atoms with Crippen molar-refractivity contribution in [2.45, 2.75) is 37.2 Å². The van der Waals surface area contributed by atoms with Crippen LogP contribution in [0.2, 0.25) is 0 Å². The monoisotopic (exact) mass is 269 g/mol. The molecule has 1 aromatic rings. The van der Waals surface area contributed by atoms with E-state index in [0.29, 0.717) is 12.4 Å². The fourth-order valence-electron chi connectivity index (χ4n) is 2.77. The van der Waals surface area contributed by atoms with Crippen molar-refractivity contribution in [2.24, 2.45) is 5.73 Å². The van der Waals surface area contributed by atoms with Crippen LogP contribution in [-0.2, 0) is 10.2 Å². The minimum Gasteiger partial charge on any atom is -0.368 e. The van der Waals surface area contributed by atoms with Crippen LogP contribution in [0.3, 0.4) is 0 Å². The van der Waals surface area contributed by atoms with E-state index in [9.17, 15) is 0 Å². The molecule has 2 aliphatic rings. The summed E-state index contributed by atoms with van der Waals surface area (Å²) in [5, 5.41) is 4.10. The number of hydrogen-bond acceptors (Lipinski definition) is 6. The van der Waals surface area contributed by atoms with E-state index < -0.39 is 0 Å². The van der Waals surface area contributed by atoms with Gasteiger partial charge in [0.2, 0.25) is 11.7 Å². The highest BCUT2D eigenvalue weighted by atomic mass is 32.2. The van der Waals surface area contributed by atoms with Gasteiger partial charge in [-0.15, -0.1) is 0 Å². The van der Waals surface area contributed by atoms with E-state index in [1.54, 1.807) is 0 Å². The highest BCUT2D eigenvalue weighted by molar-refractivity contribution is 7.99. The fourth-order valence-corrected chi connectivity index (χ4v) is 3.62. The molecule has 1 saturated carbocycles. The Kier molecular flexibility index (Phi) is 3.59. The van der Waals surface area contributed by atoms with E-state index in [0.717, 1.165) is 36.8 Å². The van der Waals surface area contributed by atoms with E-state index in [1.807, 2.05) is 11.8 Å². The maximum absolute atomic E-state index is 5.93. The molecular formula is C12H19N3O2S. The first-order chi connectivity index (χ1) is 8.84. The maximum Gasteiger partial charge on any atom is 0.234 e. The van der Waals surface area contributed by atoms with Crippen molar-refractivity contribution in [1.29, 1.82) is 0 Å². The molecule has 18 heavy (non-hydrogen) atoms. The van der Waals surface area contributed by atoms with Crippen LogP contribution in [0.15, 0.2) is 4.52 Å². The second-order valence-corrected chi connectivity index (χ2v) is 6.23. The van der Waals surface area contributed by atoms with E-state index >= 15 is 0 Å². The van der Waals surface area contributed by atoms with Crippen LogP contribution >= 0.6 is 11.8 Å². The summed E-state index contributed by atoms with van der Waals surface area (Å²) < 4.78 is 11.1. The topological polar surface area (TPSA) is 74.2 Å². The quantitative estimate of drug-likeness (QED) is 0.899. The van der Waals surface area contributed by atoms with Gasteiger partial charge in [-0.05, 0) is 12.8 Å². The molecule has 1 unspecified atom stereocenters. The average Bonchev–Trinajstić information content (AvgIpc) is 3.09. The van der Waals surface area contributed by atoms with Crippen molar-refractivity contribution in [3.8, 4) is 0 Å². The minimum atomic E-state index is -0.0763. The highest BCUT2D eigenvalue weighted by Crippen LogP contribution is 2.39. The van der Waals surface area contributed by atoms with Gasteiger partial charge in [0.15, 0.2) is 0 Å². The molecule has 0 amide bonds. The van der Waals surface area contributed by atoms with Crippen LogP contribution in [0.1, 0.15) is 43.5 Å². The van der Waals surface area contributed by atoms with Crippen LogP contribution in [0.25, 0.3) is 0 Å². The van der Waals surface area contributed by atoms with Gasteiger partial charge in [-0.25, -0.2) is 0 Å². The van der Waals surface area contributed by atoms with Gasteiger partial charge in [-0.3, -0.25) is 0 Å². The Hall–Kier alpha value is -0.590. The summed E-state index contributed by atoms with van der Waals surface area (Å²) >= 11 is 1.87. The number of aromatic nitrogens is 2. The predicted octanol–water partition coefficient (Wildman–Crippen LogP) is 1.64. The summed E-state index contributed by atoms with van der Waals surface area (Å²) in [5.41, 5.74) is 5.85. The molecule has 1 aliphatic heterocycles. The molecule has 1 aliphatic carbocycles. The predicted molar refractivity (Wildman–Crippen MR) is 69.5 cm³/mol. The molecule has 2 fully saturated rings. The Labute approximate surface area is 111 Å². The number of hydrogen-bond donors (Lipinski definition) is 1. The highest BCUT2D eigenvalue weighted by Gasteiger charge is 2.40. The van der Waals surface area contributed by atoms with Gasteiger partial charge in [0, 0.05) is 18.1 Å². The Morgan fingerprint density at radius 1 is 1.39 bits per heavy atom. The van der Waals surface area contributed by atoms with Crippen LogP contribution in [0, 0.1) is 0 Å². The Morgan fingerprint density at radius 2 is 2.22 bits per heavy atom. The summed E-state index contributed by atoms with van der Waals surface area (Å²) in [6, 6.07) is 0. The van der Waals surface area contributed by atoms with Gasteiger partial charge in [-0.1, -0.05) is 18.0 Å². The molecule has 5 nitrogen and oxygen atoms in total. The summed E-state index contributed by atoms with van der Waals surface area (Å²) in [4.78, 5) is 4.56. The minimum absolute atomic E-state index is 0.0162. The van der Waals surface area contributed by atoms with Crippen molar-refractivity contribution in [3.63, 3.8) is 0 Å². The molecule has 2 heterocycles. The molecule has 100 valence electrons. The molecule has 0 spiro atoms. The molecule has 6 heteroatoms. The lowest BCUT2D eigenvalue weighted by atomic mass is 9.86. The van der Waals surface area contributed by atoms with Crippen LogP contribution in [-0.4, -0.2) is 34.8 Å². The Morgan fingerprint density at radius 3 is 2.89 bits per heavy atom. The molecule has 2 N–H and O–H groups in total. The van der Waals surface area contributed by atoms with E-state index in [1.165, 1.54) is 12.8 Å². The number of nitrogens with zero attached hydrogens (tertiary/aromatic N) is 2. The molecule has 1 aromatic heterocycles. The summed E-state index contributed by atoms with van der Waals surface area (Å²) in [5.74, 6) is 3.37. The van der Waals surface area contributed by atoms with Crippen molar-refractivity contribution in [1.82, 2.24) is 10.1 Å². The van der Waals surface area contributed by atoms with E-state index in [4.69, 9.17) is 15.0 Å². The zero-order chi connectivity index (χ0) is 12.4. The third kappa shape index (κ3) is 2.17. The molecule has 0 aromatic carbocycles. The molecule has 1 atom stereocenters. The van der Waals surface area contributed by atoms with Gasteiger partial charge in [0.25, 0.3) is 0 Å². The third-order valence-electron chi connectivity index (χ3n) is 3.95. The van der Waals surface area contributed by atoms with Crippen LogP contribution in [0.5, 0.6) is 0 Å². The molecule has 1 saturated heterocycles. The molecular weight excluding hydrogens is 250 g/mol. The largest absolute Gasteiger partial charge is 0.368 e. The van der Waals surface area contributed by atoms with Crippen molar-refractivity contribution in [2.75, 3.05) is 24.7 Å². The number of rotatable bonds is 3. The lowest BCUT2D eigenvalue weighted by Gasteiger charge is -2.22. The SMILES string of the molecule is NCC1(c2nc(C3CSCCO3)no2)CCCC1. The van der Waals surface area contributed by atoms with Crippen molar-refractivity contribution >= 4 is 11.8 Å². The van der Waals surface area contributed by atoms with Gasteiger partial charge in [-0.2, -0.15) is 16.7 Å². The Balaban J connectivity index is 1.79. The fraction of sp³-hybridized carbons (Fsp3) is 0.833. The van der Waals surface area contributed by atoms with Gasteiger partial charge in [0.1, 0.15) is 6.10 Å². The maximum atomic E-state index is 5.93. The second-order valence-electron chi connectivity index (χ2n) is 5.08. The van der Waals surface area contributed by atoms with E-state index in [-0.39, 0.29) is 11.5 Å². The average molecular weight is 269 g/mol. The van der Waals surface area contributed by atoms with Crippen LogP contribution < -0.4 is 5.73 Å². The smallest absolute Gasteiger partial charge is 0.234 e. The van der Waals surface area contributed by atoms with Gasteiger partial charge >= 0.3 is 0 Å². The number of nitrogens with two attached hydrogens (primary N) is 1. The first-order valence-corrected chi connectivity index (χ1v) is 7.73. The lowest BCUT2D eigenvalue weighted by molar-refractivity contribution is 0.0677. The summed E-state index contributed by atoms with van der Waals surface area (Å²) in [6.07, 6.45) is 4.50. The first-order valence-electron chi connectivity index (χ1n) is 6.58. The molecule has 0 bridgehead atoms. The standard InChI is InChI=1S/C12H19N3O2S/c13-8-12(3-1-2-4-12)11-14-10(15-17-11)9-7-18-6-5-16-9/h9H,1-8,13H2. The molecule has 3 rings (SSSR count). The Bertz CT molecular complexity index is 398. The summed E-state index contributed by atoms with van der Waals surface area (Å²) in [6.45, 7) is 1.36. The van der Waals surface area contributed by atoms with Gasteiger partial charge < -0.3 is 15.0 Å². The number of thioether (sulfide) groups is 1. The van der Waals surface area contributed by atoms with Crippen molar-refractivity contribution in [3.05, 3.63) is 11.7 Å². The van der Waals surface area contributed by atoms with Crippen LogP contribution in [0.4, 0.5) is 0 Å². The van der Waals surface area contributed by atoms with Gasteiger partial charge in [0.05, 0.1) is 12.0 Å². The summed E-state index contributed by atoms with van der Waals surface area (Å²) in [7, 11) is 0. The van der Waals surface area contributed by atoms with E-state index in [2.05, 4.69) is 10.1 Å². The number of ether oxygens (including phenoxy) is 1. The lowest BCUT2D eigenvalue weighted by Crippen LogP contribution is -2.32. The molecule has 0 radical (unpaired) electrons. The third-order valence-corrected chi connectivity index (χ3v) is 4.94.